The van der Waals surface area contributed by atoms with Crippen LogP contribution in [0, 0.1) is 13.8 Å². The van der Waals surface area contributed by atoms with E-state index in [2.05, 4.69) is 16.2 Å². The largest absolute Gasteiger partial charge is 0.335 e. The van der Waals surface area contributed by atoms with Gasteiger partial charge in [0.25, 0.3) is 0 Å². The second kappa shape index (κ2) is 8.33. The maximum atomic E-state index is 12.7. The fourth-order valence-electron chi connectivity index (χ4n) is 3.37. The van der Waals surface area contributed by atoms with Crippen molar-refractivity contribution >= 4 is 17.5 Å². The highest BCUT2D eigenvalue weighted by molar-refractivity contribution is 5.96. The molecule has 2 aromatic carbocycles. The minimum Gasteiger partial charge on any atom is -0.335 e. The first kappa shape index (κ1) is 19.1. The molecule has 3 N–H and O–H groups in total. The fourth-order valence-corrected chi connectivity index (χ4v) is 3.37. The monoisotopic (exact) mass is 366 g/mol. The van der Waals surface area contributed by atoms with Crippen molar-refractivity contribution in [1.29, 1.82) is 0 Å². The molecule has 0 saturated carbocycles. The number of amides is 2. The lowest BCUT2D eigenvalue weighted by molar-refractivity contribution is -0.134. The number of hydrogen-bond acceptors (Lipinski definition) is 4. The zero-order chi connectivity index (χ0) is 19.4. The molecule has 0 spiro atoms. The summed E-state index contributed by atoms with van der Waals surface area (Å²) in [5.74, 6) is -0.300. The van der Waals surface area contributed by atoms with Crippen molar-refractivity contribution in [2.24, 2.45) is 0 Å². The Bertz CT molecular complexity index is 802. The van der Waals surface area contributed by atoms with Crippen LogP contribution < -0.4 is 16.2 Å². The van der Waals surface area contributed by atoms with Gasteiger partial charge in [-0.1, -0.05) is 48.5 Å². The zero-order valence-corrected chi connectivity index (χ0v) is 16.0. The Morgan fingerprint density at radius 1 is 1.04 bits per heavy atom. The van der Waals surface area contributed by atoms with E-state index >= 15 is 0 Å². The van der Waals surface area contributed by atoms with Crippen molar-refractivity contribution in [2.75, 3.05) is 18.9 Å². The van der Waals surface area contributed by atoms with E-state index in [1.807, 2.05) is 62.4 Å². The molecule has 1 heterocycles. The van der Waals surface area contributed by atoms with Crippen LogP contribution in [0.2, 0.25) is 0 Å². The number of nitrogens with one attached hydrogen (secondary N) is 3. The third-order valence-electron chi connectivity index (χ3n) is 4.91. The molecule has 142 valence electrons. The molecule has 1 aliphatic rings. The Labute approximate surface area is 159 Å². The number of likely N-dealkylation sites (N-methyl/N-ethyl adjacent to an activating group) is 1. The van der Waals surface area contributed by atoms with Crippen molar-refractivity contribution in [3.8, 4) is 0 Å². The van der Waals surface area contributed by atoms with E-state index < -0.39 is 0 Å². The first-order chi connectivity index (χ1) is 13.0. The first-order valence-corrected chi connectivity index (χ1v) is 9.12. The van der Waals surface area contributed by atoms with Crippen LogP contribution in [0.4, 0.5) is 5.69 Å². The van der Waals surface area contributed by atoms with Gasteiger partial charge in [-0.15, -0.1) is 0 Å². The molecular weight excluding hydrogens is 340 g/mol. The molecule has 0 bridgehead atoms. The van der Waals surface area contributed by atoms with Crippen LogP contribution >= 0.6 is 0 Å². The lowest BCUT2D eigenvalue weighted by Crippen LogP contribution is -2.46. The van der Waals surface area contributed by atoms with Gasteiger partial charge in [0.1, 0.15) is 6.04 Å². The van der Waals surface area contributed by atoms with E-state index in [0.717, 1.165) is 22.4 Å². The summed E-state index contributed by atoms with van der Waals surface area (Å²) in [7, 11) is 1.66. The van der Waals surface area contributed by atoms with Crippen LogP contribution in [-0.2, 0) is 9.59 Å². The molecule has 0 aromatic heterocycles. The fraction of sp³-hybridized carbons (Fsp3) is 0.333. The number of carbonyl (C=O) groups is 2. The Balaban J connectivity index is 1.55. The molecule has 6 nitrogen and oxygen atoms in total. The van der Waals surface area contributed by atoms with Gasteiger partial charge in [-0.25, -0.2) is 10.9 Å². The maximum Gasteiger partial charge on any atom is 0.243 e. The molecule has 2 amide bonds. The van der Waals surface area contributed by atoms with Crippen molar-refractivity contribution in [3.05, 3.63) is 65.2 Å². The lowest BCUT2D eigenvalue weighted by Gasteiger charge is -2.21. The maximum absolute atomic E-state index is 12.7. The SMILES string of the molecule is Cc1cccc(C)c1NC(=O)CN(C)C(=O)C1CC(c2ccccc2)NN1. The van der Waals surface area contributed by atoms with E-state index in [0.29, 0.717) is 6.42 Å². The second-order valence-electron chi connectivity index (χ2n) is 7.05. The van der Waals surface area contributed by atoms with Gasteiger partial charge in [-0.3, -0.25) is 9.59 Å². The van der Waals surface area contributed by atoms with Gasteiger partial charge < -0.3 is 10.2 Å². The summed E-state index contributed by atoms with van der Waals surface area (Å²) < 4.78 is 0. The average Bonchev–Trinajstić information content (AvgIpc) is 3.15. The lowest BCUT2D eigenvalue weighted by atomic mass is 10.0. The quantitative estimate of drug-likeness (QED) is 0.759. The molecule has 2 unspecified atom stereocenters. The second-order valence-corrected chi connectivity index (χ2v) is 7.05. The smallest absolute Gasteiger partial charge is 0.243 e. The van der Waals surface area contributed by atoms with Crippen molar-refractivity contribution in [1.82, 2.24) is 15.8 Å². The summed E-state index contributed by atoms with van der Waals surface area (Å²) in [4.78, 5) is 26.5. The van der Waals surface area contributed by atoms with Gasteiger partial charge in [0.2, 0.25) is 11.8 Å². The highest BCUT2D eigenvalue weighted by Gasteiger charge is 2.32. The number of hydrazine groups is 1. The Hall–Kier alpha value is -2.70. The van der Waals surface area contributed by atoms with Crippen molar-refractivity contribution in [3.63, 3.8) is 0 Å². The molecular formula is C21H26N4O2. The van der Waals surface area contributed by atoms with Gasteiger partial charge >= 0.3 is 0 Å². The van der Waals surface area contributed by atoms with E-state index in [9.17, 15) is 9.59 Å². The summed E-state index contributed by atoms with van der Waals surface area (Å²) in [5.41, 5.74) is 10.2. The third kappa shape index (κ3) is 4.53. The number of rotatable bonds is 5. The number of benzene rings is 2. The van der Waals surface area contributed by atoms with Crippen molar-refractivity contribution < 1.29 is 9.59 Å². The van der Waals surface area contributed by atoms with Crippen LogP contribution in [0.25, 0.3) is 0 Å². The molecule has 1 aliphatic heterocycles. The third-order valence-corrected chi connectivity index (χ3v) is 4.91. The van der Waals surface area contributed by atoms with Crippen molar-refractivity contribution in [2.45, 2.75) is 32.4 Å². The normalized spacial score (nSPS) is 18.9. The standard InChI is InChI=1S/C21H26N4O2/c1-14-8-7-9-15(2)20(14)22-19(26)13-25(3)21(27)18-12-17(23-24-18)16-10-5-4-6-11-16/h4-11,17-18,23-24H,12-13H2,1-3H3,(H,22,26). The van der Waals surface area contributed by atoms with E-state index in [-0.39, 0.29) is 30.4 Å². The predicted molar refractivity (Wildman–Crippen MR) is 106 cm³/mol. The summed E-state index contributed by atoms with van der Waals surface area (Å²) in [5, 5.41) is 2.92. The number of anilines is 1. The Morgan fingerprint density at radius 2 is 1.70 bits per heavy atom. The number of carbonyl (C=O) groups excluding carboxylic acids is 2. The average molecular weight is 366 g/mol. The zero-order valence-electron chi connectivity index (χ0n) is 16.0. The van der Waals surface area contributed by atoms with Crippen LogP contribution in [0.3, 0.4) is 0 Å². The van der Waals surface area contributed by atoms with Crippen LogP contribution in [0.15, 0.2) is 48.5 Å². The van der Waals surface area contributed by atoms with E-state index in [1.54, 1.807) is 7.05 Å². The summed E-state index contributed by atoms with van der Waals surface area (Å²) in [6.45, 7) is 3.92. The molecule has 2 aromatic rings. The van der Waals surface area contributed by atoms with Gasteiger partial charge in [0.05, 0.1) is 6.54 Å². The van der Waals surface area contributed by atoms with Gasteiger partial charge in [-0.2, -0.15) is 0 Å². The number of para-hydroxylation sites is 1. The number of aryl methyl sites for hydroxylation is 2. The van der Waals surface area contributed by atoms with Gasteiger partial charge in [-0.05, 0) is 37.0 Å². The Kier molecular flexibility index (Phi) is 5.88. The van der Waals surface area contributed by atoms with Crippen LogP contribution in [0.1, 0.15) is 29.2 Å². The minimum atomic E-state index is -0.354. The topological polar surface area (TPSA) is 73.5 Å². The van der Waals surface area contributed by atoms with Gasteiger partial charge in [0, 0.05) is 18.8 Å². The van der Waals surface area contributed by atoms with Gasteiger partial charge in [0.15, 0.2) is 0 Å². The predicted octanol–water partition coefficient (Wildman–Crippen LogP) is 2.31. The summed E-state index contributed by atoms with van der Waals surface area (Å²) >= 11 is 0. The molecule has 3 rings (SSSR count). The van der Waals surface area contributed by atoms with E-state index in [1.165, 1.54) is 4.90 Å². The van der Waals surface area contributed by atoms with Crippen LogP contribution in [-0.4, -0.2) is 36.3 Å². The van der Waals surface area contributed by atoms with Crippen LogP contribution in [0.5, 0.6) is 0 Å². The minimum absolute atomic E-state index is 0.0147. The van der Waals surface area contributed by atoms with E-state index in [4.69, 9.17) is 0 Å². The Morgan fingerprint density at radius 3 is 2.37 bits per heavy atom. The molecule has 27 heavy (non-hydrogen) atoms. The molecule has 2 atom stereocenters. The first-order valence-electron chi connectivity index (χ1n) is 9.12. The molecule has 1 fully saturated rings. The number of hydrogen-bond donors (Lipinski definition) is 3. The molecule has 6 heteroatoms. The highest BCUT2D eigenvalue weighted by atomic mass is 16.2. The summed E-state index contributed by atoms with van der Waals surface area (Å²) in [6.07, 6.45) is 0.645. The molecule has 0 radical (unpaired) electrons. The summed E-state index contributed by atoms with van der Waals surface area (Å²) in [6, 6.07) is 15.6. The highest BCUT2D eigenvalue weighted by Crippen LogP contribution is 2.23. The molecule has 0 aliphatic carbocycles. The number of nitrogens with zero attached hydrogens (tertiary/aromatic N) is 1. The molecule has 1 saturated heterocycles.